The smallest absolute Gasteiger partial charge is 0.416 e. The highest BCUT2D eigenvalue weighted by Crippen LogP contribution is 2.39. The van der Waals surface area contributed by atoms with Crippen molar-refractivity contribution in [3.8, 4) is 0 Å². The number of alkyl halides is 3. The molecule has 2 aromatic carbocycles. The van der Waals surface area contributed by atoms with Crippen molar-refractivity contribution in [3.05, 3.63) is 94.8 Å². The average molecular weight is 459 g/mol. The lowest BCUT2D eigenvalue weighted by Gasteiger charge is -2.30. The molecule has 0 fully saturated rings. The first-order chi connectivity index (χ1) is 15.7. The molecule has 0 saturated carbocycles. The van der Waals surface area contributed by atoms with Gasteiger partial charge in [0.25, 0.3) is 0 Å². The maximum Gasteiger partial charge on any atom is 0.416 e. The summed E-state index contributed by atoms with van der Waals surface area (Å²) in [5, 5.41) is 0. The summed E-state index contributed by atoms with van der Waals surface area (Å²) in [6.45, 7) is 3.88. The highest BCUT2D eigenvalue weighted by Gasteiger charge is 2.36. The summed E-state index contributed by atoms with van der Waals surface area (Å²) in [6, 6.07) is 13.8. The predicted molar refractivity (Wildman–Crippen MR) is 116 cm³/mol. The molecule has 0 N–H and O–H groups in total. The number of rotatable bonds is 7. The molecule has 0 aromatic heterocycles. The fourth-order valence-corrected chi connectivity index (χ4v) is 3.59. The van der Waals surface area contributed by atoms with Crippen molar-refractivity contribution in [3.63, 3.8) is 0 Å². The number of carbonyl (C=O) groups is 2. The second-order valence-corrected chi connectivity index (χ2v) is 7.32. The lowest BCUT2D eigenvalue weighted by Crippen LogP contribution is -2.29. The SMILES string of the molecule is CCOC(=O)C1=CN(Cc2ccccc2)C=C(C(=O)OCC)C1c1ccc(C(F)(F)F)cc1. The van der Waals surface area contributed by atoms with Gasteiger partial charge in [-0.2, -0.15) is 13.2 Å². The van der Waals surface area contributed by atoms with E-state index < -0.39 is 29.6 Å². The van der Waals surface area contributed by atoms with Crippen LogP contribution in [0, 0.1) is 0 Å². The molecular weight excluding hydrogens is 435 g/mol. The lowest BCUT2D eigenvalue weighted by molar-refractivity contribution is -0.140. The number of carbonyl (C=O) groups excluding carboxylic acids is 2. The van der Waals surface area contributed by atoms with Crippen molar-refractivity contribution < 1.29 is 32.2 Å². The lowest BCUT2D eigenvalue weighted by atomic mass is 9.83. The Morgan fingerprint density at radius 3 is 1.82 bits per heavy atom. The Kier molecular flexibility index (Phi) is 7.58. The van der Waals surface area contributed by atoms with Gasteiger partial charge in [-0.1, -0.05) is 42.5 Å². The number of ether oxygens (including phenoxy) is 2. The first-order valence-corrected chi connectivity index (χ1v) is 10.5. The molecule has 1 aliphatic heterocycles. The zero-order chi connectivity index (χ0) is 24.0. The van der Waals surface area contributed by atoms with Gasteiger partial charge in [0.2, 0.25) is 0 Å². The quantitative estimate of drug-likeness (QED) is 0.533. The van der Waals surface area contributed by atoms with Gasteiger partial charge in [0.1, 0.15) is 0 Å². The van der Waals surface area contributed by atoms with E-state index in [9.17, 15) is 22.8 Å². The minimum Gasteiger partial charge on any atom is -0.463 e. The molecule has 0 unspecified atom stereocenters. The van der Waals surface area contributed by atoms with Gasteiger partial charge in [-0.05, 0) is 37.1 Å². The van der Waals surface area contributed by atoms with Crippen LogP contribution in [0.1, 0.15) is 36.5 Å². The third-order valence-corrected chi connectivity index (χ3v) is 5.03. The number of hydrogen-bond donors (Lipinski definition) is 0. The van der Waals surface area contributed by atoms with E-state index >= 15 is 0 Å². The van der Waals surface area contributed by atoms with E-state index in [2.05, 4.69) is 0 Å². The van der Waals surface area contributed by atoms with Gasteiger partial charge in [-0.25, -0.2) is 9.59 Å². The summed E-state index contributed by atoms with van der Waals surface area (Å²) in [5.41, 5.74) is 0.734. The van der Waals surface area contributed by atoms with Crippen LogP contribution in [0.25, 0.3) is 0 Å². The largest absolute Gasteiger partial charge is 0.463 e. The average Bonchev–Trinajstić information content (AvgIpc) is 2.79. The number of nitrogens with zero attached hydrogens (tertiary/aromatic N) is 1. The van der Waals surface area contributed by atoms with E-state index in [1.54, 1.807) is 31.1 Å². The minimum absolute atomic E-state index is 0.104. The number of halogens is 3. The number of esters is 2. The maximum absolute atomic E-state index is 13.1. The van der Waals surface area contributed by atoms with Gasteiger partial charge in [0.15, 0.2) is 0 Å². The van der Waals surface area contributed by atoms with Crippen molar-refractivity contribution in [2.45, 2.75) is 32.5 Å². The normalized spacial score (nSPS) is 14.4. The molecule has 174 valence electrons. The van der Waals surface area contributed by atoms with Gasteiger partial charge in [0.05, 0.1) is 35.8 Å². The Morgan fingerprint density at radius 2 is 1.36 bits per heavy atom. The second kappa shape index (κ2) is 10.4. The fraction of sp³-hybridized carbons (Fsp3) is 0.280. The summed E-state index contributed by atoms with van der Waals surface area (Å²) in [5.74, 6) is -2.25. The van der Waals surface area contributed by atoms with Crippen LogP contribution in [0.4, 0.5) is 13.2 Å². The van der Waals surface area contributed by atoms with E-state index in [4.69, 9.17) is 9.47 Å². The van der Waals surface area contributed by atoms with Crippen LogP contribution in [0.5, 0.6) is 0 Å². The Hall–Kier alpha value is -3.55. The first-order valence-electron chi connectivity index (χ1n) is 10.5. The highest BCUT2D eigenvalue weighted by molar-refractivity contribution is 5.98. The predicted octanol–water partition coefficient (Wildman–Crippen LogP) is 5.20. The number of benzene rings is 2. The molecule has 0 radical (unpaired) electrons. The Balaban J connectivity index is 2.08. The van der Waals surface area contributed by atoms with Crippen LogP contribution in [0.15, 0.2) is 78.1 Å². The molecule has 8 heteroatoms. The molecular formula is C25H24F3NO4. The van der Waals surface area contributed by atoms with Crippen LogP contribution in [-0.2, 0) is 31.8 Å². The van der Waals surface area contributed by atoms with Gasteiger partial charge in [-0.15, -0.1) is 0 Å². The zero-order valence-electron chi connectivity index (χ0n) is 18.3. The van der Waals surface area contributed by atoms with Gasteiger partial charge in [-0.3, -0.25) is 0 Å². The standard InChI is InChI=1S/C25H24F3NO4/c1-3-32-23(30)20-15-29(14-17-8-6-5-7-9-17)16-21(24(31)33-4-2)22(20)18-10-12-19(13-11-18)25(26,27)28/h5-13,15-16,22H,3-4,14H2,1-2H3. The molecule has 0 bridgehead atoms. The maximum atomic E-state index is 13.1. The van der Waals surface area contributed by atoms with E-state index in [0.29, 0.717) is 12.1 Å². The van der Waals surface area contributed by atoms with Gasteiger partial charge < -0.3 is 14.4 Å². The van der Waals surface area contributed by atoms with E-state index in [0.717, 1.165) is 17.7 Å². The van der Waals surface area contributed by atoms with Crippen molar-refractivity contribution in [2.24, 2.45) is 0 Å². The second-order valence-electron chi connectivity index (χ2n) is 7.32. The zero-order valence-corrected chi connectivity index (χ0v) is 18.3. The molecule has 2 aromatic rings. The molecule has 0 aliphatic carbocycles. The van der Waals surface area contributed by atoms with Gasteiger partial charge in [0, 0.05) is 18.9 Å². The summed E-state index contributed by atoms with van der Waals surface area (Å²) in [7, 11) is 0. The summed E-state index contributed by atoms with van der Waals surface area (Å²) in [4.78, 5) is 27.4. The van der Waals surface area contributed by atoms with E-state index in [-0.39, 0.29) is 24.4 Å². The van der Waals surface area contributed by atoms with Crippen LogP contribution in [-0.4, -0.2) is 30.1 Å². The number of hydrogen-bond acceptors (Lipinski definition) is 5. The summed E-state index contributed by atoms with van der Waals surface area (Å²) < 4.78 is 49.6. The molecule has 0 atom stereocenters. The molecule has 1 heterocycles. The minimum atomic E-state index is -4.50. The monoisotopic (exact) mass is 459 g/mol. The van der Waals surface area contributed by atoms with E-state index in [1.165, 1.54) is 12.1 Å². The first kappa shape index (κ1) is 24.1. The Labute approximate surface area is 190 Å². The Morgan fingerprint density at radius 1 is 0.848 bits per heavy atom. The highest BCUT2D eigenvalue weighted by atomic mass is 19.4. The molecule has 0 amide bonds. The molecule has 0 saturated heterocycles. The van der Waals surface area contributed by atoms with Crippen LogP contribution >= 0.6 is 0 Å². The molecule has 3 rings (SSSR count). The van der Waals surface area contributed by atoms with Gasteiger partial charge >= 0.3 is 18.1 Å². The summed E-state index contributed by atoms with van der Waals surface area (Å²) in [6.07, 6.45) is -1.37. The summed E-state index contributed by atoms with van der Waals surface area (Å²) >= 11 is 0. The molecule has 33 heavy (non-hydrogen) atoms. The van der Waals surface area contributed by atoms with Crippen LogP contribution in [0.3, 0.4) is 0 Å². The van der Waals surface area contributed by atoms with Crippen molar-refractivity contribution >= 4 is 11.9 Å². The molecule has 1 aliphatic rings. The Bertz CT molecular complexity index is 1010. The van der Waals surface area contributed by atoms with Crippen molar-refractivity contribution in [2.75, 3.05) is 13.2 Å². The van der Waals surface area contributed by atoms with Crippen LogP contribution in [0.2, 0.25) is 0 Å². The third kappa shape index (κ3) is 5.83. The van der Waals surface area contributed by atoms with Crippen molar-refractivity contribution in [1.82, 2.24) is 4.90 Å². The fourth-order valence-electron chi connectivity index (χ4n) is 3.59. The van der Waals surface area contributed by atoms with Crippen molar-refractivity contribution in [1.29, 1.82) is 0 Å². The topological polar surface area (TPSA) is 55.8 Å². The van der Waals surface area contributed by atoms with E-state index in [1.807, 2.05) is 30.3 Å². The third-order valence-electron chi connectivity index (χ3n) is 5.03. The van der Waals surface area contributed by atoms with Crippen LogP contribution < -0.4 is 0 Å². The molecule has 0 spiro atoms. The molecule has 5 nitrogen and oxygen atoms in total.